The molecule has 0 radical (unpaired) electrons. The van der Waals surface area contributed by atoms with E-state index >= 15 is 0 Å². The van der Waals surface area contributed by atoms with Crippen molar-refractivity contribution >= 4 is 17.2 Å². The quantitative estimate of drug-likeness (QED) is 0.691. The van der Waals surface area contributed by atoms with E-state index in [0.29, 0.717) is 6.54 Å². The van der Waals surface area contributed by atoms with Crippen LogP contribution in [0.4, 0.5) is 0 Å². The third kappa shape index (κ3) is 5.62. The molecule has 1 aliphatic rings. The summed E-state index contributed by atoms with van der Waals surface area (Å²) in [6.45, 7) is 11.9. The van der Waals surface area contributed by atoms with E-state index in [-0.39, 0.29) is 11.4 Å². The molecule has 0 bridgehead atoms. The molecule has 3 rings (SSSR count). The molecule has 1 aliphatic heterocycles. The molecule has 3 N–H and O–H groups in total. The topological polar surface area (TPSA) is 50.9 Å². The molecular formula is C20H30N4OS+2. The van der Waals surface area contributed by atoms with Crippen LogP contribution in [-0.4, -0.2) is 49.2 Å². The fourth-order valence-corrected chi connectivity index (χ4v) is 4.22. The summed E-state index contributed by atoms with van der Waals surface area (Å²) in [4.78, 5) is 19.9. The van der Waals surface area contributed by atoms with Gasteiger partial charge < -0.3 is 15.1 Å². The van der Waals surface area contributed by atoms with Crippen LogP contribution < -0.4 is 15.1 Å². The molecule has 1 aromatic carbocycles. The van der Waals surface area contributed by atoms with E-state index in [2.05, 4.69) is 35.0 Å². The van der Waals surface area contributed by atoms with Crippen LogP contribution in [0.5, 0.6) is 0 Å². The molecule has 0 unspecified atom stereocenters. The Morgan fingerprint density at radius 2 is 1.77 bits per heavy atom. The van der Waals surface area contributed by atoms with E-state index in [9.17, 15) is 4.79 Å². The molecular weight excluding hydrogens is 344 g/mol. The summed E-state index contributed by atoms with van der Waals surface area (Å²) in [5, 5.41) is 6.42. The smallest absolute Gasteiger partial charge is 0.275 e. The average molecular weight is 375 g/mol. The fraction of sp³-hybridized carbons (Fsp3) is 0.500. The SMILES string of the molecule is CC(C)(C)NC(=O)C[NH+]1CC[NH+](Cc2nc(-c3ccccc3)cs2)CC1. The number of amides is 1. The molecule has 1 aromatic heterocycles. The maximum Gasteiger partial charge on any atom is 0.275 e. The van der Waals surface area contributed by atoms with Crippen molar-refractivity contribution in [1.29, 1.82) is 0 Å². The third-order valence-electron chi connectivity index (χ3n) is 4.61. The number of benzene rings is 1. The minimum absolute atomic E-state index is 0.148. The Morgan fingerprint density at radius 1 is 1.12 bits per heavy atom. The van der Waals surface area contributed by atoms with Crippen molar-refractivity contribution in [2.24, 2.45) is 0 Å². The maximum absolute atomic E-state index is 12.1. The maximum atomic E-state index is 12.1. The largest absolute Gasteiger partial charge is 0.347 e. The zero-order valence-electron chi connectivity index (χ0n) is 16.0. The van der Waals surface area contributed by atoms with Gasteiger partial charge in [0.25, 0.3) is 5.91 Å². The summed E-state index contributed by atoms with van der Waals surface area (Å²) < 4.78 is 0. The van der Waals surface area contributed by atoms with Crippen LogP contribution in [0.1, 0.15) is 25.8 Å². The molecule has 0 saturated carbocycles. The van der Waals surface area contributed by atoms with E-state index in [1.54, 1.807) is 16.2 Å². The van der Waals surface area contributed by atoms with Crippen LogP contribution in [-0.2, 0) is 11.3 Å². The molecule has 1 amide bonds. The number of quaternary nitrogens is 2. The first-order chi connectivity index (χ1) is 12.4. The minimum atomic E-state index is -0.148. The predicted octanol–water partition coefficient (Wildman–Crippen LogP) is 0.00820. The van der Waals surface area contributed by atoms with Crippen LogP contribution in [0.2, 0.25) is 0 Å². The first kappa shape index (κ1) is 19.0. The number of thiazole rings is 1. The lowest BCUT2D eigenvalue weighted by molar-refractivity contribution is -1.02. The van der Waals surface area contributed by atoms with Crippen molar-refractivity contribution in [1.82, 2.24) is 10.3 Å². The van der Waals surface area contributed by atoms with Crippen LogP contribution in [0.15, 0.2) is 35.7 Å². The second kappa shape index (κ2) is 8.29. The Kier molecular flexibility index (Phi) is 6.06. The number of carbonyl (C=O) groups is 1. The van der Waals surface area contributed by atoms with Crippen LogP contribution in [0, 0.1) is 0 Å². The fourth-order valence-electron chi connectivity index (χ4n) is 3.35. The number of nitrogens with one attached hydrogen (secondary N) is 3. The molecule has 0 atom stereocenters. The third-order valence-corrected chi connectivity index (χ3v) is 5.46. The van der Waals surface area contributed by atoms with Crippen molar-refractivity contribution in [3.05, 3.63) is 40.7 Å². The van der Waals surface area contributed by atoms with Crippen molar-refractivity contribution in [2.45, 2.75) is 32.9 Å². The van der Waals surface area contributed by atoms with E-state index in [1.807, 2.05) is 26.8 Å². The van der Waals surface area contributed by atoms with Gasteiger partial charge in [0.15, 0.2) is 6.54 Å². The number of nitrogens with zero attached hydrogens (tertiary/aromatic N) is 1. The highest BCUT2D eigenvalue weighted by Crippen LogP contribution is 2.20. The summed E-state index contributed by atoms with van der Waals surface area (Å²) in [6, 6.07) is 10.4. The Labute approximate surface area is 160 Å². The van der Waals surface area contributed by atoms with E-state index in [0.717, 1.165) is 38.4 Å². The Hall–Kier alpha value is -1.76. The predicted molar refractivity (Wildman–Crippen MR) is 105 cm³/mol. The monoisotopic (exact) mass is 374 g/mol. The van der Waals surface area contributed by atoms with Crippen LogP contribution in [0.25, 0.3) is 11.3 Å². The second-order valence-electron chi connectivity index (χ2n) is 8.14. The van der Waals surface area contributed by atoms with Gasteiger partial charge in [-0.15, -0.1) is 11.3 Å². The molecule has 2 aromatic rings. The molecule has 0 aliphatic carbocycles. The van der Waals surface area contributed by atoms with Crippen molar-refractivity contribution in [3.63, 3.8) is 0 Å². The summed E-state index contributed by atoms with van der Waals surface area (Å²) >= 11 is 1.75. The van der Waals surface area contributed by atoms with Crippen molar-refractivity contribution < 1.29 is 14.6 Å². The highest BCUT2D eigenvalue weighted by atomic mass is 32.1. The molecule has 1 fully saturated rings. The van der Waals surface area contributed by atoms with Gasteiger partial charge in [-0.05, 0) is 20.8 Å². The number of rotatable bonds is 5. The molecule has 2 heterocycles. The lowest BCUT2D eigenvalue weighted by Crippen LogP contribution is -3.28. The van der Waals surface area contributed by atoms with E-state index in [1.165, 1.54) is 15.5 Å². The average Bonchev–Trinajstić information content (AvgIpc) is 3.04. The lowest BCUT2D eigenvalue weighted by Gasteiger charge is -2.29. The Bertz CT molecular complexity index is 715. The van der Waals surface area contributed by atoms with Gasteiger partial charge in [-0.1, -0.05) is 30.3 Å². The van der Waals surface area contributed by atoms with Gasteiger partial charge in [0, 0.05) is 16.5 Å². The second-order valence-corrected chi connectivity index (χ2v) is 9.09. The molecule has 26 heavy (non-hydrogen) atoms. The Balaban J connectivity index is 1.46. The molecule has 1 saturated heterocycles. The zero-order valence-corrected chi connectivity index (χ0v) is 16.8. The number of hydrogen-bond acceptors (Lipinski definition) is 3. The van der Waals surface area contributed by atoms with Gasteiger partial charge in [0.05, 0.1) is 5.69 Å². The van der Waals surface area contributed by atoms with Gasteiger partial charge >= 0.3 is 0 Å². The van der Waals surface area contributed by atoms with Crippen LogP contribution in [0.3, 0.4) is 0 Å². The molecule has 140 valence electrons. The van der Waals surface area contributed by atoms with Gasteiger partial charge in [0.2, 0.25) is 0 Å². The summed E-state index contributed by atoms with van der Waals surface area (Å²) in [5.41, 5.74) is 2.11. The number of carbonyl (C=O) groups excluding carboxylic acids is 1. The summed E-state index contributed by atoms with van der Waals surface area (Å²) in [7, 11) is 0. The van der Waals surface area contributed by atoms with Crippen molar-refractivity contribution in [2.75, 3.05) is 32.7 Å². The lowest BCUT2D eigenvalue weighted by atomic mass is 10.1. The zero-order chi connectivity index (χ0) is 18.6. The number of piperazine rings is 1. The highest BCUT2D eigenvalue weighted by molar-refractivity contribution is 7.09. The first-order valence-electron chi connectivity index (χ1n) is 9.37. The number of hydrogen-bond donors (Lipinski definition) is 3. The summed E-state index contributed by atoms with van der Waals surface area (Å²) in [6.07, 6.45) is 0. The summed E-state index contributed by atoms with van der Waals surface area (Å²) in [5.74, 6) is 0.156. The van der Waals surface area contributed by atoms with Gasteiger partial charge in [-0.2, -0.15) is 0 Å². The molecule has 6 heteroatoms. The first-order valence-corrected chi connectivity index (χ1v) is 10.2. The van der Waals surface area contributed by atoms with E-state index in [4.69, 9.17) is 4.98 Å². The normalized spacial score (nSPS) is 20.7. The Morgan fingerprint density at radius 3 is 2.42 bits per heavy atom. The van der Waals surface area contributed by atoms with Gasteiger partial charge in [-0.25, -0.2) is 4.98 Å². The standard InChI is InChI=1S/C20H28N4OS/c1-20(2,3)22-18(25)13-23-9-11-24(12-10-23)14-19-21-17(15-26-19)16-7-5-4-6-8-16/h4-8,15H,9-14H2,1-3H3,(H,22,25)/p+2. The minimum Gasteiger partial charge on any atom is -0.347 e. The molecule has 5 nitrogen and oxygen atoms in total. The van der Waals surface area contributed by atoms with Gasteiger partial charge in [0.1, 0.15) is 37.7 Å². The van der Waals surface area contributed by atoms with E-state index < -0.39 is 0 Å². The molecule has 0 spiro atoms. The highest BCUT2D eigenvalue weighted by Gasteiger charge is 2.26. The van der Waals surface area contributed by atoms with Crippen LogP contribution >= 0.6 is 11.3 Å². The number of aromatic nitrogens is 1. The van der Waals surface area contributed by atoms with Crippen molar-refractivity contribution in [3.8, 4) is 11.3 Å². The van der Waals surface area contributed by atoms with Gasteiger partial charge in [-0.3, -0.25) is 4.79 Å².